The maximum absolute atomic E-state index is 5.34. The van der Waals surface area contributed by atoms with Crippen LogP contribution in [0.5, 0.6) is 0 Å². The van der Waals surface area contributed by atoms with Gasteiger partial charge in [-0.05, 0) is 24.6 Å². The Morgan fingerprint density at radius 1 is 1.35 bits per heavy atom. The van der Waals surface area contributed by atoms with Crippen LogP contribution in [-0.4, -0.2) is 27.7 Å². The Labute approximate surface area is 119 Å². The van der Waals surface area contributed by atoms with Crippen molar-refractivity contribution >= 4 is 0 Å². The third-order valence-electron chi connectivity index (χ3n) is 3.15. The van der Waals surface area contributed by atoms with Crippen LogP contribution in [0.2, 0.25) is 0 Å². The van der Waals surface area contributed by atoms with Gasteiger partial charge in [0.2, 0.25) is 5.89 Å². The molecule has 1 unspecified atom stereocenters. The molecule has 2 rings (SSSR count). The van der Waals surface area contributed by atoms with Crippen LogP contribution in [0.4, 0.5) is 0 Å². The van der Waals surface area contributed by atoms with Gasteiger partial charge in [0.1, 0.15) is 0 Å². The summed E-state index contributed by atoms with van der Waals surface area (Å²) in [5.74, 6) is 1.43. The van der Waals surface area contributed by atoms with Gasteiger partial charge in [-0.25, -0.2) is 0 Å². The predicted molar refractivity (Wildman–Crippen MR) is 77.4 cm³/mol. The van der Waals surface area contributed by atoms with E-state index in [-0.39, 0.29) is 0 Å². The van der Waals surface area contributed by atoms with E-state index in [4.69, 9.17) is 4.52 Å². The highest BCUT2D eigenvalue weighted by molar-refractivity contribution is 5.13. The third kappa shape index (κ3) is 4.42. The summed E-state index contributed by atoms with van der Waals surface area (Å²) in [5, 5.41) is 7.50. The number of rotatable bonds is 8. The second-order valence-electron chi connectivity index (χ2n) is 4.89. The Bertz CT molecular complexity index is 492. The van der Waals surface area contributed by atoms with Crippen LogP contribution in [0.25, 0.3) is 0 Å². The summed E-state index contributed by atoms with van der Waals surface area (Å²) in [7, 11) is 0. The van der Waals surface area contributed by atoms with Crippen molar-refractivity contribution in [3.05, 3.63) is 41.8 Å². The maximum atomic E-state index is 5.34. The lowest BCUT2D eigenvalue weighted by Gasteiger charge is -2.14. The van der Waals surface area contributed by atoms with Gasteiger partial charge in [-0.15, -0.1) is 0 Å². The summed E-state index contributed by atoms with van der Waals surface area (Å²) in [6.07, 6.45) is 7.31. The van der Waals surface area contributed by atoms with E-state index in [2.05, 4.69) is 34.3 Å². The smallest absolute Gasteiger partial charge is 0.228 e. The van der Waals surface area contributed by atoms with Crippen molar-refractivity contribution < 1.29 is 4.52 Å². The molecule has 0 spiro atoms. The van der Waals surface area contributed by atoms with E-state index in [1.807, 2.05) is 18.3 Å². The molecule has 0 fully saturated rings. The summed E-state index contributed by atoms with van der Waals surface area (Å²) in [4.78, 5) is 8.55. The number of likely N-dealkylation sites (N-methyl/N-ethyl adjacent to an activating group) is 1. The highest BCUT2D eigenvalue weighted by atomic mass is 16.5. The van der Waals surface area contributed by atoms with Crippen LogP contribution in [0.1, 0.15) is 44.0 Å². The molecule has 0 aliphatic rings. The fourth-order valence-corrected chi connectivity index (χ4v) is 2.25. The summed E-state index contributed by atoms with van der Waals surface area (Å²) < 4.78 is 5.34. The summed E-state index contributed by atoms with van der Waals surface area (Å²) in [6.45, 7) is 5.26. The van der Waals surface area contributed by atoms with Gasteiger partial charge >= 0.3 is 0 Å². The molecule has 5 nitrogen and oxygen atoms in total. The fourth-order valence-electron chi connectivity index (χ4n) is 2.25. The van der Waals surface area contributed by atoms with Crippen molar-refractivity contribution in [2.24, 2.45) is 0 Å². The quantitative estimate of drug-likeness (QED) is 0.800. The molecule has 0 bridgehead atoms. The van der Waals surface area contributed by atoms with Crippen LogP contribution < -0.4 is 5.32 Å². The highest BCUT2D eigenvalue weighted by Gasteiger charge is 2.13. The van der Waals surface area contributed by atoms with Crippen LogP contribution in [0, 0.1) is 0 Å². The Morgan fingerprint density at radius 2 is 2.25 bits per heavy atom. The molecule has 0 radical (unpaired) electrons. The second-order valence-corrected chi connectivity index (χ2v) is 4.89. The van der Waals surface area contributed by atoms with Crippen LogP contribution in [0.15, 0.2) is 29.0 Å². The molecular formula is C15H22N4O. The lowest BCUT2D eigenvalue weighted by molar-refractivity contribution is 0.349. The zero-order valence-corrected chi connectivity index (χ0v) is 12.2. The number of pyridine rings is 1. The zero-order valence-electron chi connectivity index (χ0n) is 12.2. The number of hydrogen-bond acceptors (Lipinski definition) is 5. The first-order valence-corrected chi connectivity index (χ1v) is 7.25. The van der Waals surface area contributed by atoms with Gasteiger partial charge in [-0.3, -0.25) is 4.98 Å². The molecule has 0 saturated carbocycles. The highest BCUT2D eigenvalue weighted by Crippen LogP contribution is 2.09. The minimum Gasteiger partial charge on any atom is -0.339 e. The summed E-state index contributed by atoms with van der Waals surface area (Å²) >= 11 is 0. The van der Waals surface area contributed by atoms with Gasteiger partial charge in [0.25, 0.3) is 0 Å². The molecule has 0 saturated heterocycles. The molecule has 2 aromatic heterocycles. The maximum Gasteiger partial charge on any atom is 0.228 e. The largest absolute Gasteiger partial charge is 0.339 e. The van der Waals surface area contributed by atoms with Gasteiger partial charge in [0.05, 0.1) is 0 Å². The van der Waals surface area contributed by atoms with Crippen LogP contribution in [-0.2, 0) is 12.8 Å². The minimum absolute atomic E-state index is 0.414. The monoisotopic (exact) mass is 274 g/mol. The van der Waals surface area contributed by atoms with Crippen molar-refractivity contribution in [2.45, 2.75) is 45.6 Å². The SMILES string of the molecule is CCCC(Cc1nc(Cc2cccnc2)no1)NCC. The Morgan fingerprint density at radius 3 is 2.95 bits per heavy atom. The molecular weight excluding hydrogens is 252 g/mol. The van der Waals surface area contributed by atoms with E-state index in [9.17, 15) is 0 Å². The average Bonchev–Trinajstić information content (AvgIpc) is 2.88. The van der Waals surface area contributed by atoms with Crippen molar-refractivity contribution in [1.82, 2.24) is 20.4 Å². The van der Waals surface area contributed by atoms with E-state index < -0.39 is 0 Å². The normalized spacial score (nSPS) is 12.5. The van der Waals surface area contributed by atoms with Gasteiger partial charge in [-0.1, -0.05) is 31.5 Å². The van der Waals surface area contributed by atoms with E-state index in [1.54, 1.807) is 6.20 Å². The van der Waals surface area contributed by atoms with Gasteiger partial charge in [0, 0.05) is 31.3 Å². The third-order valence-corrected chi connectivity index (χ3v) is 3.15. The Hall–Kier alpha value is -1.75. The summed E-state index contributed by atoms with van der Waals surface area (Å²) in [6, 6.07) is 4.34. The molecule has 5 heteroatoms. The molecule has 1 N–H and O–H groups in total. The van der Waals surface area contributed by atoms with Crippen molar-refractivity contribution in [1.29, 1.82) is 0 Å². The van der Waals surface area contributed by atoms with Crippen LogP contribution >= 0.6 is 0 Å². The molecule has 2 heterocycles. The van der Waals surface area contributed by atoms with Crippen molar-refractivity contribution in [2.75, 3.05) is 6.54 Å². The topological polar surface area (TPSA) is 63.8 Å². The molecule has 2 aromatic rings. The molecule has 0 aliphatic carbocycles. The number of aromatic nitrogens is 3. The van der Waals surface area contributed by atoms with Gasteiger partial charge in [-0.2, -0.15) is 4.98 Å². The number of nitrogens with one attached hydrogen (secondary N) is 1. The molecule has 1 atom stereocenters. The molecule has 108 valence electrons. The molecule has 0 amide bonds. The first kappa shape index (κ1) is 14.7. The fraction of sp³-hybridized carbons (Fsp3) is 0.533. The molecule has 20 heavy (non-hydrogen) atoms. The van der Waals surface area contributed by atoms with E-state index in [1.165, 1.54) is 0 Å². The predicted octanol–water partition coefficient (Wildman–Crippen LogP) is 2.38. The van der Waals surface area contributed by atoms with Gasteiger partial charge in [0.15, 0.2) is 5.82 Å². The van der Waals surface area contributed by atoms with Crippen molar-refractivity contribution in [3.63, 3.8) is 0 Å². The lowest BCUT2D eigenvalue weighted by atomic mass is 10.1. The van der Waals surface area contributed by atoms with E-state index in [0.717, 1.165) is 37.2 Å². The van der Waals surface area contributed by atoms with E-state index >= 15 is 0 Å². The Balaban J connectivity index is 1.94. The average molecular weight is 274 g/mol. The molecule has 0 aliphatic heterocycles. The van der Waals surface area contributed by atoms with Crippen molar-refractivity contribution in [3.8, 4) is 0 Å². The first-order chi connectivity index (χ1) is 9.81. The summed E-state index contributed by atoms with van der Waals surface area (Å²) in [5.41, 5.74) is 1.09. The number of hydrogen-bond donors (Lipinski definition) is 1. The zero-order chi connectivity index (χ0) is 14.2. The van der Waals surface area contributed by atoms with Crippen LogP contribution in [0.3, 0.4) is 0 Å². The van der Waals surface area contributed by atoms with Gasteiger partial charge < -0.3 is 9.84 Å². The Kier molecular flexibility index (Phi) is 5.68. The molecule has 0 aromatic carbocycles. The standard InChI is InChI=1S/C15H22N4O/c1-3-6-13(17-4-2)10-15-18-14(19-20-15)9-12-7-5-8-16-11-12/h5,7-8,11,13,17H,3-4,6,9-10H2,1-2H3. The lowest BCUT2D eigenvalue weighted by Crippen LogP contribution is -2.30. The van der Waals surface area contributed by atoms with E-state index in [0.29, 0.717) is 18.4 Å². The minimum atomic E-state index is 0.414. The first-order valence-electron chi connectivity index (χ1n) is 7.25. The second kappa shape index (κ2) is 7.75. The number of nitrogens with zero attached hydrogens (tertiary/aromatic N) is 3.